The Morgan fingerprint density at radius 1 is 1.08 bits per heavy atom. The number of carbonyl (C=O) groups excluding carboxylic acids is 2. The van der Waals surface area contributed by atoms with Crippen molar-refractivity contribution in [3.63, 3.8) is 0 Å². The molecule has 3 heterocycles. The Kier molecular flexibility index (Phi) is 6.32. The average molecular weight is 531 g/mol. The summed E-state index contributed by atoms with van der Waals surface area (Å²) >= 11 is 1.22. The van der Waals surface area contributed by atoms with Crippen LogP contribution in [-0.2, 0) is 9.59 Å². The zero-order valence-corrected chi connectivity index (χ0v) is 21.2. The number of anilines is 1. The molecular formula is C28H23FN4O4S. The summed E-state index contributed by atoms with van der Waals surface area (Å²) in [7, 11) is 0. The standard InChI is InChI=1S/C28H23FN4O4S/c1-16-2-4-17(5-3-16)21-13-22(18-6-8-19(29)9-7-18)33(32-21)28-31-27(35)25(38-28)14-26(34)30-20-10-11-23-24(12-20)37-15-36-23/h2-12,22,25H,13-15H2,1H3,(H,30,34)/t22-,25-/m1/s1. The van der Waals surface area contributed by atoms with Gasteiger partial charge in [-0.2, -0.15) is 10.1 Å². The highest BCUT2D eigenvalue weighted by Gasteiger charge is 2.39. The maximum atomic E-state index is 13.6. The average Bonchev–Trinajstić information content (AvgIpc) is 3.63. The first-order valence-electron chi connectivity index (χ1n) is 12.1. The van der Waals surface area contributed by atoms with Gasteiger partial charge in [-0.15, -0.1) is 0 Å². The Bertz CT molecular complexity index is 1470. The molecule has 0 saturated heterocycles. The van der Waals surface area contributed by atoms with Crippen molar-refractivity contribution in [2.75, 3.05) is 12.1 Å². The van der Waals surface area contributed by atoms with Crippen molar-refractivity contribution in [2.24, 2.45) is 10.1 Å². The molecule has 0 bridgehead atoms. The normalized spacial score (nSPS) is 19.9. The van der Waals surface area contributed by atoms with Crippen molar-refractivity contribution in [2.45, 2.75) is 31.1 Å². The van der Waals surface area contributed by atoms with Crippen LogP contribution in [0.4, 0.5) is 10.1 Å². The molecule has 0 aromatic heterocycles. The van der Waals surface area contributed by atoms with E-state index >= 15 is 0 Å². The van der Waals surface area contributed by atoms with E-state index in [1.54, 1.807) is 35.3 Å². The van der Waals surface area contributed by atoms with Crippen molar-refractivity contribution < 1.29 is 23.5 Å². The number of amides is 2. The number of amidine groups is 1. The monoisotopic (exact) mass is 530 g/mol. The fraction of sp³-hybridized carbons (Fsp3) is 0.214. The van der Waals surface area contributed by atoms with E-state index in [4.69, 9.17) is 14.6 Å². The van der Waals surface area contributed by atoms with Gasteiger partial charge >= 0.3 is 0 Å². The van der Waals surface area contributed by atoms with Gasteiger partial charge in [0.15, 0.2) is 16.7 Å². The van der Waals surface area contributed by atoms with E-state index in [0.29, 0.717) is 28.8 Å². The Morgan fingerprint density at radius 3 is 2.63 bits per heavy atom. The molecule has 0 spiro atoms. The lowest BCUT2D eigenvalue weighted by atomic mass is 9.98. The second-order valence-electron chi connectivity index (χ2n) is 9.19. The number of aliphatic imine (C=N–C) groups is 1. The predicted molar refractivity (Wildman–Crippen MR) is 143 cm³/mol. The number of halogens is 1. The van der Waals surface area contributed by atoms with Gasteiger partial charge in [0.25, 0.3) is 5.91 Å². The number of rotatable bonds is 5. The highest BCUT2D eigenvalue weighted by Crippen LogP contribution is 2.39. The molecule has 0 fully saturated rings. The van der Waals surface area contributed by atoms with Crippen LogP contribution in [0.5, 0.6) is 11.5 Å². The fourth-order valence-electron chi connectivity index (χ4n) is 4.51. The first-order chi connectivity index (χ1) is 18.4. The molecule has 3 aromatic rings. The number of fused-ring (bicyclic) bond motifs is 1. The van der Waals surface area contributed by atoms with Crippen LogP contribution in [0.1, 0.15) is 35.6 Å². The molecular weight excluding hydrogens is 507 g/mol. The van der Waals surface area contributed by atoms with Crippen LogP contribution in [0.15, 0.2) is 76.8 Å². The summed E-state index contributed by atoms with van der Waals surface area (Å²) < 4.78 is 24.3. The van der Waals surface area contributed by atoms with Crippen LogP contribution in [0.25, 0.3) is 0 Å². The van der Waals surface area contributed by atoms with Crippen LogP contribution in [-0.4, -0.2) is 39.7 Å². The Morgan fingerprint density at radius 2 is 1.84 bits per heavy atom. The van der Waals surface area contributed by atoms with Gasteiger partial charge in [0.2, 0.25) is 12.7 Å². The maximum absolute atomic E-state index is 13.6. The van der Waals surface area contributed by atoms with Crippen molar-refractivity contribution in [3.8, 4) is 11.5 Å². The first kappa shape index (κ1) is 24.2. The molecule has 38 heavy (non-hydrogen) atoms. The molecule has 10 heteroatoms. The van der Waals surface area contributed by atoms with Gasteiger partial charge < -0.3 is 14.8 Å². The van der Waals surface area contributed by atoms with Gasteiger partial charge in [0.1, 0.15) is 11.1 Å². The zero-order chi connectivity index (χ0) is 26.2. The number of nitrogens with one attached hydrogen (secondary N) is 1. The van der Waals surface area contributed by atoms with Crippen LogP contribution >= 0.6 is 11.8 Å². The Balaban J connectivity index is 1.19. The van der Waals surface area contributed by atoms with E-state index in [-0.39, 0.29) is 36.9 Å². The summed E-state index contributed by atoms with van der Waals surface area (Å²) in [5.41, 5.74) is 4.37. The van der Waals surface area contributed by atoms with E-state index in [2.05, 4.69) is 10.3 Å². The predicted octanol–water partition coefficient (Wildman–Crippen LogP) is 5.04. The smallest absolute Gasteiger partial charge is 0.262 e. The largest absolute Gasteiger partial charge is 0.454 e. The van der Waals surface area contributed by atoms with Crippen LogP contribution in [0.3, 0.4) is 0 Å². The molecule has 0 radical (unpaired) electrons. The second-order valence-corrected chi connectivity index (χ2v) is 10.4. The van der Waals surface area contributed by atoms with E-state index in [9.17, 15) is 14.0 Å². The number of hydrazone groups is 1. The molecule has 3 aliphatic heterocycles. The minimum atomic E-state index is -0.675. The third-order valence-electron chi connectivity index (χ3n) is 6.50. The van der Waals surface area contributed by atoms with Gasteiger partial charge in [-0.1, -0.05) is 53.7 Å². The lowest BCUT2D eigenvalue weighted by Gasteiger charge is -2.23. The molecule has 2 atom stereocenters. The van der Waals surface area contributed by atoms with Crippen molar-refractivity contribution >= 4 is 40.1 Å². The number of carbonyl (C=O) groups is 2. The minimum Gasteiger partial charge on any atom is -0.454 e. The Hall–Kier alpha value is -4.18. The number of benzene rings is 3. The first-order valence-corrected chi connectivity index (χ1v) is 13.0. The van der Waals surface area contributed by atoms with Crippen molar-refractivity contribution in [3.05, 3.63) is 89.2 Å². The number of aryl methyl sites for hydroxylation is 1. The third kappa shape index (κ3) is 4.87. The highest BCUT2D eigenvalue weighted by atomic mass is 32.2. The summed E-state index contributed by atoms with van der Waals surface area (Å²) in [4.78, 5) is 29.8. The summed E-state index contributed by atoms with van der Waals surface area (Å²) in [6.07, 6.45) is 0.520. The SMILES string of the molecule is Cc1ccc(C2=NN(C3=NC(=O)[C@@H](CC(=O)Nc4ccc5c(c4)OCO5)S3)[C@@H](c3ccc(F)cc3)C2)cc1. The molecule has 6 rings (SSSR count). The Labute approximate surface area is 222 Å². The summed E-state index contributed by atoms with van der Waals surface area (Å²) in [6, 6.07) is 19.2. The quantitative estimate of drug-likeness (QED) is 0.497. The molecule has 0 unspecified atom stereocenters. The molecule has 192 valence electrons. The lowest BCUT2D eigenvalue weighted by molar-refractivity contribution is -0.121. The maximum Gasteiger partial charge on any atom is 0.262 e. The molecule has 3 aromatic carbocycles. The fourth-order valence-corrected chi connectivity index (χ4v) is 5.57. The van der Waals surface area contributed by atoms with E-state index in [1.807, 2.05) is 31.2 Å². The molecule has 0 aliphatic carbocycles. The van der Waals surface area contributed by atoms with Crippen LogP contribution in [0, 0.1) is 12.7 Å². The number of nitrogens with zero attached hydrogens (tertiary/aromatic N) is 3. The van der Waals surface area contributed by atoms with Gasteiger partial charge in [-0.05, 0) is 42.3 Å². The number of ether oxygens (including phenoxy) is 2. The van der Waals surface area contributed by atoms with Crippen molar-refractivity contribution in [1.82, 2.24) is 5.01 Å². The minimum absolute atomic E-state index is 0.0471. The molecule has 3 aliphatic rings. The van der Waals surface area contributed by atoms with Gasteiger partial charge in [0.05, 0.1) is 11.8 Å². The summed E-state index contributed by atoms with van der Waals surface area (Å²) in [6.45, 7) is 2.16. The summed E-state index contributed by atoms with van der Waals surface area (Å²) in [5, 5.41) is 9.11. The van der Waals surface area contributed by atoms with Crippen LogP contribution in [0.2, 0.25) is 0 Å². The van der Waals surface area contributed by atoms with E-state index in [1.165, 1.54) is 23.9 Å². The number of hydrogen-bond acceptors (Lipinski definition) is 7. The van der Waals surface area contributed by atoms with E-state index in [0.717, 1.165) is 22.4 Å². The number of thioether (sulfide) groups is 1. The van der Waals surface area contributed by atoms with Gasteiger partial charge in [-0.25, -0.2) is 9.40 Å². The van der Waals surface area contributed by atoms with Crippen molar-refractivity contribution in [1.29, 1.82) is 0 Å². The molecule has 0 saturated carbocycles. The van der Waals surface area contributed by atoms with Gasteiger partial charge in [0, 0.05) is 24.6 Å². The highest BCUT2D eigenvalue weighted by molar-refractivity contribution is 8.15. The zero-order valence-electron chi connectivity index (χ0n) is 20.4. The summed E-state index contributed by atoms with van der Waals surface area (Å²) in [5.74, 6) is 0.153. The van der Waals surface area contributed by atoms with Gasteiger partial charge in [-0.3, -0.25) is 9.59 Å². The molecule has 2 amide bonds. The second kappa shape index (κ2) is 9.94. The topological polar surface area (TPSA) is 92.6 Å². The molecule has 8 nitrogen and oxygen atoms in total. The third-order valence-corrected chi connectivity index (χ3v) is 7.64. The van der Waals surface area contributed by atoms with Crippen LogP contribution < -0.4 is 14.8 Å². The lowest BCUT2D eigenvalue weighted by Crippen LogP contribution is -2.25. The van der Waals surface area contributed by atoms with E-state index < -0.39 is 5.25 Å². The number of hydrogen-bond donors (Lipinski definition) is 1. The molecule has 1 N–H and O–H groups in total.